The average molecular weight is 314 g/mol. The highest BCUT2D eigenvalue weighted by molar-refractivity contribution is 7.99. The van der Waals surface area contributed by atoms with Crippen LogP contribution in [0.3, 0.4) is 0 Å². The molecule has 7 heteroatoms. The van der Waals surface area contributed by atoms with Gasteiger partial charge in [0.2, 0.25) is 0 Å². The second-order valence-electron chi connectivity index (χ2n) is 5.37. The number of hydrogen-bond donors (Lipinski definition) is 2. The minimum absolute atomic E-state index is 0.0280. The summed E-state index contributed by atoms with van der Waals surface area (Å²) >= 11 is 1.31. The van der Waals surface area contributed by atoms with Gasteiger partial charge in [-0.1, -0.05) is 30.0 Å². The summed E-state index contributed by atoms with van der Waals surface area (Å²) in [6.45, 7) is 0. The first kappa shape index (κ1) is 13.4. The lowest BCUT2D eigenvalue weighted by Gasteiger charge is -2.02. The van der Waals surface area contributed by atoms with E-state index in [9.17, 15) is 9.59 Å². The van der Waals surface area contributed by atoms with Gasteiger partial charge in [0.15, 0.2) is 10.9 Å². The Hall–Kier alpha value is -2.28. The molecule has 0 spiro atoms. The van der Waals surface area contributed by atoms with Crippen molar-refractivity contribution in [1.29, 1.82) is 0 Å². The third kappa shape index (κ3) is 2.27. The molecule has 0 saturated heterocycles. The van der Waals surface area contributed by atoms with E-state index in [1.807, 2.05) is 24.3 Å². The number of hydrogen-bond acceptors (Lipinski definition) is 4. The summed E-state index contributed by atoms with van der Waals surface area (Å²) in [5.74, 6) is 0.291. The van der Waals surface area contributed by atoms with Gasteiger partial charge in [0.05, 0.1) is 5.75 Å². The first-order valence-electron chi connectivity index (χ1n) is 7.13. The fourth-order valence-electron chi connectivity index (χ4n) is 2.56. The lowest BCUT2D eigenvalue weighted by molar-refractivity contribution is 0.102. The number of carbonyl (C=O) groups excluding carboxylic acids is 1. The monoisotopic (exact) mass is 314 g/mol. The van der Waals surface area contributed by atoms with Gasteiger partial charge in [-0.2, -0.15) is 0 Å². The van der Waals surface area contributed by atoms with Gasteiger partial charge in [-0.15, -0.1) is 5.10 Å². The van der Waals surface area contributed by atoms with E-state index in [0.717, 1.165) is 23.7 Å². The van der Waals surface area contributed by atoms with Crippen LogP contribution in [0.1, 0.15) is 29.2 Å². The molecule has 1 aliphatic carbocycles. The Bertz CT molecular complexity index is 904. The number of aromatic nitrogens is 4. The summed E-state index contributed by atoms with van der Waals surface area (Å²) < 4.78 is 1.66. The maximum atomic E-state index is 12.4. The summed E-state index contributed by atoms with van der Waals surface area (Å²) in [5.41, 5.74) is 1.44. The molecule has 0 radical (unpaired) electrons. The van der Waals surface area contributed by atoms with Crippen LogP contribution < -0.4 is 5.69 Å². The van der Waals surface area contributed by atoms with Crippen molar-refractivity contribution in [2.45, 2.75) is 24.0 Å². The molecule has 1 fully saturated rings. The van der Waals surface area contributed by atoms with Crippen LogP contribution in [0.5, 0.6) is 0 Å². The van der Waals surface area contributed by atoms with Crippen molar-refractivity contribution in [3.05, 3.63) is 46.5 Å². The van der Waals surface area contributed by atoms with Crippen LogP contribution in [-0.4, -0.2) is 31.3 Å². The summed E-state index contributed by atoms with van der Waals surface area (Å²) in [6.07, 6.45) is 3.75. The maximum Gasteiger partial charge on any atom is 0.344 e. The molecule has 1 aromatic carbocycles. The van der Waals surface area contributed by atoms with E-state index in [-0.39, 0.29) is 23.3 Å². The minimum Gasteiger partial charge on any atom is -0.360 e. The van der Waals surface area contributed by atoms with Crippen LogP contribution in [0.15, 0.2) is 40.4 Å². The van der Waals surface area contributed by atoms with E-state index in [0.29, 0.717) is 10.7 Å². The number of nitrogens with one attached hydrogen (secondary N) is 2. The fraction of sp³-hybridized carbons (Fsp3) is 0.267. The van der Waals surface area contributed by atoms with E-state index in [4.69, 9.17) is 0 Å². The smallest absolute Gasteiger partial charge is 0.344 e. The van der Waals surface area contributed by atoms with Crippen molar-refractivity contribution >= 4 is 28.4 Å². The first-order chi connectivity index (χ1) is 10.7. The molecule has 112 valence electrons. The first-order valence-corrected chi connectivity index (χ1v) is 8.11. The molecular weight excluding hydrogens is 300 g/mol. The van der Waals surface area contributed by atoms with Gasteiger partial charge in [0.25, 0.3) is 0 Å². The van der Waals surface area contributed by atoms with Crippen LogP contribution in [0.25, 0.3) is 10.9 Å². The molecular formula is C15H14N4O2S. The summed E-state index contributed by atoms with van der Waals surface area (Å²) in [5, 5.41) is 8.01. The topological polar surface area (TPSA) is 83.5 Å². The van der Waals surface area contributed by atoms with Gasteiger partial charge in [0.1, 0.15) is 0 Å². The Balaban J connectivity index is 1.54. The molecule has 6 nitrogen and oxygen atoms in total. The number of para-hydroxylation sites is 1. The Kier molecular flexibility index (Phi) is 3.15. The van der Waals surface area contributed by atoms with Crippen LogP contribution in [-0.2, 0) is 0 Å². The number of rotatable bonds is 5. The van der Waals surface area contributed by atoms with Crippen LogP contribution in [0.2, 0.25) is 0 Å². The van der Waals surface area contributed by atoms with Gasteiger partial charge in [-0.25, -0.2) is 9.89 Å². The molecule has 0 unspecified atom stereocenters. The Morgan fingerprint density at radius 3 is 3.00 bits per heavy atom. The number of thioether (sulfide) groups is 1. The molecule has 2 N–H and O–H groups in total. The quantitative estimate of drug-likeness (QED) is 0.559. The lowest BCUT2D eigenvalue weighted by atomic mass is 10.1. The summed E-state index contributed by atoms with van der Waals surface area (Å²) in [4.78, 5) is 27.2. The third-order valence-electron chi connectivity index (χ3n) is 3.81. The molecule has 22 heavy (non-hydrogen) atoms. The second-order valence-corrected chi connectivity index (χ2v) is 6.31. The van der Waals surface area contributed by atoms with Crippen LogP contribution >= 0.6 is 11.8 Å². The number of nitrogens with zero attached hydrogens (tertiary/aromatic N) is 2. The van der Waals surface area contributed by atoms with Crippen LogP contribution in [0, 0.1) is 0 Å². The summed E-state index contributed by atoms with van der Waals surface area (Å²) in [7, 11) is 0. The predicted molar refractivity (Wildman–Crippen MR) is 84.5 cm³/mol. The number of H-pyrrole nitrogens is 2. The predicted octanol–water partition coefficient (Wildman–Crippen LogP) is 2.36. The molecule has 1 aliphatic rings. The Morgan fingerprint density at radius 1 is 1.36 bits per heavy atom. The van der Waals surface area contributed by atoms with E-state index < -0.39 is 0 Å². The van der Waals surface area contributed by atoms with Gasteiger partial charge in [0, 0.05) is 28.7 Å². The van der Waals surface area contributed by atoms with Gasteiger partial charge in [-0.3, -0.25) is 9.36 Å². The van der Waals surface area contributed by atoms with Crippen molar-refractivity contribution in [2.24, 2.45) is 0 Å². The molecule has 1 saturated carbocycles. The largest absolute Gasteiger partial charge is 0.360 e. The molecule has 0 bridgehead atoms. The molecule has 0 aliphatic heterocycles. The zero-order valence-electron chi connectivity index (χ0n) is 11.7. The van der Waals surface area contributed by atoms with Gasteiger partial charge >= 0.3 is 5.69 Å². The molecule has 0 atom stereocenters. The normalized spacial score (nSPS) is 14.5. The standard InChI is InChI=1S/C15H14N4O2S/c20-13(11-7-16-12-4-2-1-3-10(11)12)8-22-15-18-17-14(21)19(15)9-5-6-9/h1-4,7,9,16H,5-6,8H2,(H,17,21). The van der Waals surface area contributed by atoms with Gasteiger partial charge in [-0.05, 0) is 18.9 Å². The minimum atomic E-state index is -0.190. The van der Waals surface area contributed by atoms with E-state index in [1.54, 1.807) is 10.8 Å². The van der Waals surface area contributed by atoms with E-state index in [2.05, 4.69) is 15.2 Å². The number of carbonyl (C=O) groups is 1. The third-order valence-corrected chi connectivity index (χ3v) is 4.76. The van der Waals surface area contributed by atoms with E-state index >= 15 is 0 Å². The average Bonchev–Trinajstić information content (AvgIpc) is 3.16. The van der Waals surface area contributed by atoms with Crippen molar-refractivity contribution in [3.8, 4) is 0 Å². The van der Waals surface area contributed by atoms with E-state index in [1.165, 1.54) is 11.8 Å². The highest BCUT2D eigenvalue weighted by Gasteiger charge is 2.28. The molecule has 4 rings (SSSR count). The number of benzene rings is 1. The SMILES string of the molecule is O=C(CSc1n[nH]c(=O)n1C1CC1)c1c[nH]c2ccccc12. The van der Waals surface area contributed by atoms with Crippen molar-refractivity contribution in [1.82, 2.24) is 19.7 Å². The molecule has 3 aromatic rings. The Morgan fingerprint density at radius 2 is 2.18 bits per heavy atom. The second kappa shape index (κ2) is 5.17. The summed E-state index contributed by atoms with van der Waals surface area (Å²) in [6, 6.07) is 7.96. The van der Waals surface area contributed by atoms with Crippen molar-refractivity contribution in [2.75, 3.05) is 5.75 Å². The Labute approximate surface area is 129 Å². The zero-order chi connectivity index (χ0) is 15.1. The van der Waals surface area contributed by atoms with Crippen molar-refractivity contribution < 1.29 is 4.79 Å². The fourth-order valence-corrected chi connectivity index (χ4v) is 3.45. The molecule has 2 heterocycles. The van der Waals surface area contributed by atoms with Crippen molar-refractivity contribution in [3.63, 3.8) is 0 Å². The number of fused-ring (bicyclic) bond motifs is 1. The zero-order valence-corrected chi connectivity index (χ0v) is 12.5. The number of Topliss-reactive ketones (excluding diaryl/α,β-unsaturated/α-hetero) is 1. The highest BCUT2D eigenvalue weighted by atomic mass is 32.2. The number of aromatic amines is 2. The highest BCUT2D eigenvalue weighted by Crippen LogP contribution is 2.36. The maximum absolute atomic E-state index is 12.4. The molecule has 0 amide bonds. The lowest BCUT2D eigenvalue weighted by Crippen LogP contribution is -2.16. The van der Waals surface area contributed by atoms with Gasteiger partial charge < -0.3 is 4.98 Å². The molecule has 2 aromatic heterocycles. The number of ketones is 1. The van der Waals surface area contributed by atoms with Crippen LogP contribution in [0.4, 0.5) is 0 Å².